The molecule has 24 heavy (non-hydrogen) atoms. The van der Waals surface area contributed by atoms with E-state index in [2.05, 4.69) is 6.92 Å². The quantitative estimate of drug-likeness (QED) is 0.646. The third-order valence-corrected chi connectivity index (χ3v) is 9.03. The number of hydrogen-bond donors (Lipinski definition) is 1. The van der Waals surface area contributed by atoms with Crippen molar-refractivity contribution in [2.24, 2.45) is 22.7 Å². The zero-order valence-electron chi connectivity index (χ0n) is 14.9. The van der Waals surface area contributed by atoms with Gasteiger partial charge in [-0.15, -0.1) is 11.6 Å². The van der Waals surface area contributed by atoms with E-state index in [9.17, 15) is 9.90 Å². The molecule has 0 radical (unpaired) electrons. The molecule has 1 N–H and O–H groups in total. The van der Waals surface area contributed by atoms with Crippen LogP contribution in [0.3, 0.4) is 0 Å². The van der Waals surface area contributed by atoms with Crippen LogP contribution in [0.25, 0.3) is 0 Å². The fourth-order valence-electron chi connectivity index (χ4n) is 6.72. The molecule has 134 valence electrons. The summed E-state index contributed by atoms with van der Waals surface area (Å²) in [6, 6.07) is 0. The third-order valence-electron chi connectivity index (χ3n) is 8.56. The van der Waals surface area contributed by atoms with Gasteiger partial charge in [-0.1, -0.05) is 19.4 Å². The van der Waals surface area contributed by atoms with Gasteiger partial charge < -0.3 is 5.11 Å². The van der Waals surface area contributed by atoms with Gasteiger partial charge in [0.25, 0.3) is 0 Å². The van der Waals surface area contributed by atoms with Crippen LogP contribution in [0.5, 0.6) is 0 Å². The van der Waals surface area contributed by atoms with E-state index < -0.39 is 22.1 Å². The molecular weight excluding hydrogens is 327 g/mol. The van der Waals surface area contributed by atoms with E-state index >= 15 is 4.39 Å². The Hall–Kier alpha value is -0.410. The first-order valence-corrected chi connectivity index (χ1v) is 9.79. The molecule has 4 heteroatoms. The fourth-order valence-corrected chi connectivity index (χ4v) is 7.45. The monoisotopic (exact) mass is 354 g/mol. The lowest BCUT2D eigenvalue weighted by atomic mass is 9.45. The Balaban J connectivity index is 1.82. The summed E-state index contributed by atoms with van der Waals surface area (Å²) in [5.74, 6) is 0.173. The van der Waals surface area contributed by atoms with Crippen molar-refractivity contribution in [3.8, 4) is 0 Å². The lowest BCUT2D eigenvalue weighted by molar-refractivity contribution is -0.168. The van der Waals surface area contributed by atoms with Crippen LogP contribution in [0.2, 0.25) is 0 Å². The molecule has 3 saturated carbocycles. The molecule has 0 amide bonds. The maximum atomic E-state index is 16.8. The van der Waals surface area contributed by atoms with Gasteiger partial charge in [-0.3, -0.25) is 4.79 Å². The first kappa shape index (κ1) is 17.0. The molecule has 0 bridgehead atoms. The van der Waals surface area contributed by atoms with Crippen LogP contribution in [0.1, 0.15) is 65.7 Å². The Bertz CT molecular complexity index is 629. The van der Waals surface area contributed by atoms with E-state index in [1.165, 1.54) is 0 Å². The molecule has 2 nitrogen and oxygen atoms in total. The lowest BCUT2D eigenvalue weighted by Crippen LogP contribution is -2.67. The summed E-state index contributed by atoms with van der Waals surface area (Å²) < 4.78 is 16.8. The second kappa shape index (κ2) is 4.85. The largest absolute Gasteiger partial charge is 0.390 e. The zero-order valence-corrected chi connectivity index (χ0v) is 15.6. The molecule has 0 unspecified atom stereocenters. The maximum Gasteiger partial charge on any atom is 0.155 e. The van der Waals surface area contributed by atoms with Gasteiger partial charge in [0.2, 0.25) is 0 Å². The Morgan fingerprint density at radius 2 is 1.88 bits per heavy atom. The van der Waals surface area contributed by atoms with Gasteiger partial charge >= 0.3 is 0 Å². The Morgan fingerprint density at radius 1 is 1.17 bits per heavy atom. The van der Waals surface area contributed by atoms with Crippen LogP contribution in [0.15, 0.2) is 11.6 Å². The summed E-state index contributed by atoms with van der Waals surface area (Å²) in [6.07, 6.45) is 6.32. The van der Waals surface area contributed by atoms with Crippen LogP contribution in [-0.2, 0) is 4.79 Å². The highest BCUT2D eigenvalue weighted by Crippen LogP contribution is 2.71. The molecule has 0 aromatic rings. The number of carbonyl (C=O) groups is 1. The molecule has 3 fully saturated rings. The van der Waals surface area contributed by atoms with Gasteiger partial charge in [0, 0.05) is 17.3 Å². The average molecular weight is 355 g/mol. The van der Waals surface area contributed by atoms with Gasteiger partial charge in [-0.2, -0.15) is 0 Å². The fraction of sp³-hybridized carbons (Fsp3) is 0.850. The number of halogens is 2. The van der Waals surface area contributed by atoms with Crippen molar-refractivity contribution in [2.75, 3.05) is 0 Å². The molecular formula is C20H28ClFO2. The van der Waals surface area contributed by atoms with E-state index in [0.29, 0.717) is 19.3 Å². The summed E-state index contributed by atoms with van der Waals surface area (Å²) in [5.41, 5.74) is -2.24. The van der Waals surface area contributed by atoms with Crippen molar-refractivity contribution < 1.29 is 14.3 Å². The standard InChI is InChI=1S/C20H28ClFO2/c1-17-8-6-13(23)10-12(17)4-5-15-14-7-9-19(3,24)18(14,2)11-16(21)20(15,17)22/h10,14-16,24H,4-9,11H2,1-3H3/t14-,15-,16-,17-,18-,19-,20-/m0/s1. The Kier molecular flexibility index (Phi) is 3.44. The second-order valence-corrected chi connectivity index (χ2v) is 9.92. The average Bonchev–Trinajstić information content (AvgIpc) is 2.72. The van der Waals surface area contributed by atoms with Crippen molar-refractivity contribution in [1.82, 2.24) is 0 Å². The predicted octanol–water partition coefficient (Wildman–Crippen LogP) is 4.58. The highest BCUT2D eigenvalue weighted by molar-refractivity contribution is 6.21. The minimum absolute atomic E-state index is 0.122. The molecule has 0 spiro atoms. The Morgan fingerprint density at radius 3 is 2.58 bits per heavy atom. The predicted molar refractivity (Wildman–Crippen MR) is 92.7 cm³/mol. The van der Waals surface area contributed by atoms with Crippen LogP contribution in [-0.4, -0.2) is 27.5 Å². The number of hydrogen-bond acceptors (Lipinski definition) is 2. The lowest BCUT2D eigenvalue weighted by Gasteiger charge is -2.63. The second-order valence-electron chi connectivity index (χ2n) is 9.39. The zero-order chi connectivity index (χ0) is 17.5. The molecule has 0 aromatic carbocycles. The molecule has 0 aromatic heterocycles. The normalized spacial score (nSPS) is 57.0. The van der Waals surface area contributed by atoms with Crippen LogP contribution in [0.4, 0.5) is 4.39 Å². The van der Waals surface area contributed by atoms with Crippen LogP contribution < -0.4 is 0 Å². The van der Waals surface area contributed by atoms with Crippen molar-refractivity contribution in [3.05, 3.63) is 11.6 Å². The number of carbonyl (C=O) groups excluding carboxylic acids is 1. The van der Waals surface area contributed by atoms with Crippen LogP contribution >= 0.6 is 11.6 Å². The molecule has 0 saturated heterocycles. The number of fused-ring (bicyclic) bond motifs is 5. The van der Waals surface area contributed by atoms with E-state index in [1.54, 1.807) is 6.08 Å². The summed E-state index contributed by atoms with van der Waals surface area (Å²) in [4.78, 5) is 11.9. The molecule has 7 atom stereocenters. The van der Waals surface area contributed by atoms with Gasteiger partial charge in [-0.25, -0.2) is 4.39 Å². The smallest absolute Gasteiger partial charge is 0.155 e. The first-order valence-electron chi connectivity index (χ1n) is 9.35. The summed E-state index contributed by atoms with van der Waals surface area (Å²) >= 11 is 6.76. The number of ketones is 1. The van der Waals surface area contributed by atoms with E-state index in [1.807, 2.05) is 13.8 Å². The minimum atomic E-state index is -1.48. The van der Waals surface area contributed by atoms with E-state index in [0.717, 1.165) is 31.3 Å². The third kappa shape index (κ3) is 1.79. The molecule has 4 rings (SSSR count). The number of alkyl halides is 2. The molecule has 0 aliphatic heterocycles. The van der Waals surface area contributed by atoms with Gasteiger partial charge in [-0.05, 0) is 63.4 Å². The SMILES string of the molecule is C[C@]1(O)CC[C@H]2[C@@H]3CCC4=CC(=O)CC[C@]4(C)[C@@]3(F)[C@@H](Cl)C[C@@]21C. The van der Waals surface area contributed by atoms with E-state index in [4.69, 9.17) is 11.6 Å². The van der Waals surface area contributed by atoms with Gasteiger partial charge in [0.1, 0.15) is 5.67 Å². The topological polar surface area (TPSA) is 37.3 Å². The summed E-state index contributed by atoms with van der Waals surface area (Å²) in [6.45, 7) is 6.00. The summed E-state index contributed by atoms with van der Waals surface area (Å²) in [5, 5.41) is 10.3. The van der Waals surface area contributed by atoms with Crippen molar-refractivity contribution in [2.45, 2.75) is 82.4 Å². The van der Waals surface area contributed by atoms with Crippen LogP contribution in [0, 0.1) is 22.7 Å². The highest BCUT2D eigenvalue weighted by Gasteiger charge is 2.72. The maximum absolute atomic E-state index is 16.8. The van der Waals surface area contributed by atoms with E-state index in [-0.39, 0.29) is 23.0 Å². The first-order chi connectivity index (χ1) is 11.1. The minimum Gasteiger partial charge on any atom is -0.390 e. The molecule has 0 heterocycles. The number of rotatable bonds is 0. The van der Waals surface area contributed by atoms with Gasteiger partial charge in [0.15, 0.2) is 5.78 Å². The summed E-state index contributed by atoms with van der Waals surface area (Å²) in [7, 11) is 0. The Labute approximate surface area is 148 Å². The molecule has 4 aliphatic carbocycles. The van der Waals surface area contributed by atoms with Crippen molar-refractivity contribution >= 4 is 17.4 Å². The highest BCUT2D eigenvalue weighted by atomic mass is 35.5. The van der Waals surface area contributed by atoms with Crippen molar-refractivity contribution in [3.63, 3.8) is 0 Å². The van der Waals surface area contributed by atoms with Gasteiger partial charge in [0.05, 0.1) is 11.0 Å². The van der Waals surface area contributed by atoms with Crippen molar-refractivity contribution in [1.29, 1.82) is 0 Å². The number of allylic oxidation sites excluding steroid dienone is 1. The molecule has 4 aliphatic rings. The number of aliphatic hydroxyl groups is 1.